The molecule has 1 atom stereocenters. The van der Waals surface area contributed by atoms with Crippen LogP contribution < -0.4 is 0 Å². The number of benzene rings is 1. The van der Waals surface area contributed by atoms with Crippen LogP contribution in [0.15, 0.2) is 29.2 Å². The Hall–Kier alpha value is -1.21. The Morgan fingerprint density at radius 1 is 1.30 bits per heavy atom. The number of halogens is 3. The number of rotatable bonds is 2. The standard InChI is InChI=1S/C13H14F3NO2S/c14-13(15,16)20-11-5-3-9(4-6-11)12(19)17-7-1-2-10(18)8-17/h3-6,10,18H,1-2,7-8H2/t10-/m0/s1. The molecule has 0 radical (unpaired) electrons. The molecular weight excluding hydrogens is 291 g/mol. The van der Waals surface area contributed by atoms with E-state index in [1.54, 1.807) is 0 Å². The summed E-state index contributed by atoms with van der Waals surface area (Å²) in [5, 5.41) is 9.52. The summed E-state index contributed by atoms with van der Waals surface area (Å²) < 4.78 is 36.6. The van der Waals surface area contributed by atoms with Crippen molar-refractivity contribution >= 4 is 17.7 Å². The van der Waals surface area contributed by atoms with Gasteiger partial charge in [-0.1, -0.05) is 0 Å². The molecule has 20 heavy (non-hydrogen) atoms. The van der Waals surface area contributed by atoms with Crippen molar-refractivity contribution in [2.24, 2.45) is 0 Å². The van der Waals surface area contributed by atoms with E-state index in [4.69, 9.17) is 0 Å². The van der Waals surface area contributed by atoms with E-state index in [9.17, 15) is 23.1 Å². The molecule has 7 heteroatoms. The van der Waals surface area contributed by atoms with Gasteiger partial charge in [-0.25, -0.2) is 0 Å². The van der Waals surface area contributed by atoms with Crippen LogP contribution in [0.4, 0.5) is 13.2 Å². The Labute approximate surface area is 118 Å². The molecule has 3 nitrogen and oxygen atoms in total. The smallest absolute Gasteiger partial charge is 0.391 e. The number of thioether (sulfide) groups is 1. The molecule has 0 bridgehead atoms. The van der Waals surface area contributed by atoms with Gasteiger partial charge < -0.3 is 10.0 Å². The highest BCUT2D eigenvalue weighted by Gasteiger charge is 2.29. The summed E-state index contributed by atoms with van der Waals surface area (Å²) in [7, 11) is 0. The van der Waals surface area contributed by atoms with E-state index in [1.807, 2.05) is 0 Å². The largest absolute Gasteiger partial charge is 0.446 e. The number of amides is 1. The van der Waals surface area contributed by atoms with Crippen molar-refractivity contribution in [3.63, 3.8) is 0 Å². The Kier molecular flexibility index (Phi) is 4.59. The average Bonchev–Trinajstić information content (AvgIpc) is 2.37. The summed E-state index contributed by atoms with van der Waals surface area (Å²) in [4.78, 5) is 13.7. The zero-order valence-corrected chi connectivity index (χ0v) is 11.4. The zero-order valence-electron chi connectivity index (χ0n) is 10.6. The highest BCUT2D eigenvalue weighted by molar-refractivity contribution is 8.00. The SMILES string of the molecule is O=C(c1ccc(SC(F)(F)F)cc1)N1CCC[C@H](O)C1. The first-order valence-electron chi connectivity index (χ1n) is 6.18. The summed E-state index contributed by atoms with van der Waals surface area (Å²) in [5.74, 6) is -0.257. The van der Waals surface area contributed by atoms with Crippen molar-refractivity contribution < 1.29 is 23.1 Å². The number of aliphatic hydroxyl groups excluding tert-OH is 1. The van der Waals surface area contributed by atoms with Crippen molar-refractivity contribution in [3.8, 4) is 0 Å². The second-order valence-electron chi connectivity index (χ2n) is 4.62. The molecule has 1 aliphatic rings. The van der Waals surface area contributed by atoms with E-state index < -0.39 is 11.6 Å². The van der Waals surface area contributed by atoms with Crippen molar-refractivity contribution in [1.82, 2.24) is 4.90 Å². The summed E-state index contributed by atoms with van der Waals surface area (Å²) in [6.07, 6.45) is 0.882. The van der Waals surface area contributed by atoms with Gasteiger partial charge >= 0.3 is 5.51 Å². The molecule has 0 unspecified atom stereocenters. The van der Waals surface area contributed by atoms with Gasteiger partial charge in [-0.3, -0.25) is 4.79 Å². The van der Waals surface area contributed by atoms with Crippen LogP contribution >= 0.6 is 11.8 Å². The maximum absolute atomic E-state index is 12.2. The van der Waals surface area contributed by atoms with Crippen LogP contribution in [0.5, 0.6) is 0 Å². The van der Waals surface area contributed by atoms with Gasteiger partial charge in [-0.2, -0.15) is 13.2 Å². The number of aliphatic hydroxyl groups is 1. The predicted molar refractivity (Wildman–Crippen MR) is 69.5 cm³/mol. The van der Waals surface area contributed by atoms with Crippen LogP contribution in [0.25, 0.3) is 0 Å². The molecule has 1 heterocycles. The van der Waals surface area contributed by atoms with Crippen molar-refractivity contribution in [3.05, 3.63) is 29.8 Å². The van der Waals surface area contributed by atoms with Gasteiger partial charge in [0, 0.05) is 23.5 Å². The number of β-amino-alcohol motifs (C(OH)–C–C–N with tert-alkyl or cyclic N) is 1. The van der Waals surface area contributed by atoms with Gasteiger partial charge in [0.1, 0.15) is 0 Å². The van der Waals surface area contributed by atoms with Crippen LogP contribution in [0.3, 0.4) is 0 Å². The second-order valence-corrected chi connectivity index (χ2v) is 5.76. The highest BCUT2D eigenvalue weighted by Crippen LogP contribution is 2.36. The first-order valence-corrected chi connectivity index (χ1v) is 7.00. The van der Waals surface area contributed by atoms with Crippen molar-refractivity contribution in [1.29, 1.82) is 0 Å². The van der Waals surface area contributed by atoms with E-state index in [1.165, 1.54) is 29.2 Å². The third-order valence-corrected chi connectivity index (χ3v) is 3.76. The van der Waals surface area contributed by atoms with Crippen LogP contribution in [-0.2, 0) is 0 Å². The maximum Gasteiger partial charge on any atom is 0.446 e. The number of piperidine rings is 1. The average molecular weight is 305 g/mol. The van der Waals surface area contributed by atoms with Gasteiger partial charge in [0.05, 0.1) is 6.10 Å². The van der Waals surface area contributed by atoms with E-state index in [0.29, 0.717) is 18.5 Å². The van der Waals surface area contributed by atoms with Gasteiger partial charge in [-0.15, -0.1) is 0 Å². The Morgan fingerprint density at radius 3 is 2.50 bits per heavy atom. The predicted octanol–water partition coefficient (Wildman–Crippen LogP) is 2.90. The number of hydrogen-bond donors (Lipinski definition) is 1. The molecule has 1 amide bonds. The van der Waals surface area contributed by atoms with E-state index in [0.717, 1.165) is 6.42 Å². The molecule has 0 spiro atoms. The first-order chi connectivity index (χ1) is 9.35. The third kappa shape index (κ3) is 4.14. The van der Waals surface area contributed by atoms with Crippen LogP contribution in [0.2, 0.25) is 0 Å². The van der Waals surface area contributed by atoms with Gasteiger partial charge in [-0.05, 0) is 48.9 Å². The quantitative estimate of drug-likeness (QED) is 0.854. The molecular formula is C13H14F3NO2S. The minimum absolute atomic E-state index is 0.0488. The normalized spacial score (nSPS) is 20.0. The zero-order chi connectivity index (χ0) is 14.8. The lowest BCUT2D eigenvalue weighted by Gasteiger charge is -2.30. The number of hydrogen-bond acceptors (Lipinski definition) is 3. The number of alkyl halides is 3. The third-order valence-electron chi connectivity index (χ3n) is 3.02. The Morgan fingerprint density at radius 2 is 1.95 bits per heavy atom. The fraction of sp³-hybridized carbons (Fsp3) is 0.462. The molecule has 1 saturated heterocycles. The molecule has 0 aromatic heterocycles. The van der Waals surface area contributed by atoms with Crippen molar-refractivity contribution in [2.45, 2.75) is 29.3 Å². The Bertz CT molecular complexity index is 475. The van der Waals surface area contributed by atoms with Crippen LogP contribution in [0.1, 0.15) is 23.2 Å². The highest BCUT2D eigenvalue weighted by atomic mass is 32.2. The van der Waals surface area contributed by atoms with Crippen LogP contribution in [-0.4, -0.2) is 40.6 Å². The number of carbonyl (C=O) groups excluding carboxylic acids is 1. The Balaban J connectivity index is 2.04. The number of likely N-dealkylation sites (tertiary alicyclic amines) is 1. The minimum atomic E-state index is -4.33. The molecule has 110 valence electrons. The molecule has 0 saturated carbocycles. The van der Waals surface area contributed by atoms with E-state index >= 15 is 0 Å². The van der Waals surface area contributed by atoms with Gasteiger partial charge in [0.2, 0.25) is 0 Å². The summed E-state index contributed by atoms with van der Waals surface area (Å²) in [5.41, 5.74) is -3.99. The van der Waals surface area contributed by atoms with Gasteiger partial charge in [0.25, 0.3) is 5.91 Å². The molecule has 1 N–H and O–H groups in total. The van der Waals surface area contributed by atoms with Crippen LogP contribution in [0, 0.1) is 0 Å². The monoisotopic (exact) mass is 305 g/mol. The lowest BCUT2D eigenvalue weighted by atomic mass is 10.1. The molecule has 1 aromatic carbocycles. The second kappa shape index (κ2) is 6.05. The number of carbonyl (C=O) groups is 1. The fourth-order valence-corrected chi connectivity index (χ4v) is 2.66. The van der Waals surface area contributed by atoms with Gasteiger partial charge in [0.15, 0.2) is 0 Å². The fourth-order valence-electron chi connectivity index (χ4n) is 2.12. The lowest BCUT2D eigenvalue weighted by Crippen LogP contribution is -2.42. The maximum atomic E-state index is 12.2. The summed E-state index contributed by atoms with van der Waals surface area (Å²) >= 11 is -0.208. The summed E-state index contributed by atoms with van der Waals surface area (Å²) in [6, 6.07) is 5.34. The summed E-state index contributed by atoms with van der Waals surface area (Å²) in [6.45, 7) is 0.840. The molecule has 2 rings (SSSR count). The van der Waals surface area contributed by atoms with Crippen molar-refractivity contribution in [2.75, 3.05) is 13.1 Å². The minimum Gasteiger partial charge on any atom is -0.391 e. The molecule has 1 aliphatic heterocycles. The molecule has 1 aromatic rings. The van der Waals surface area contributed by atoms with E-state index in [2.05, 4.69) is 0 Å². The molecule has 0 aliphatic carbocycles. The first kappa shape index (κ1) is 15.2. The topological polar surface area (TPSA) is 40.5 Å². The molecule has 1 fully saturated rings. The van der Waals surface area contributed by atoms with E-state index in [-0.39, 0.29) is 29.1 Å². The number of nitrogens with zero attached hydrogens (tertiary/aromatic N) is 1. The lowest BCUT2D eigenvalue weighted by molar-refractivity contribution is -0.0328.